The molecule has 96 valence electrons. The maximum Gasteiger partial charge on any atom is 0.149 e. The number of hydrogen-bond acceptors (Lipinski definition) is 3. The van der Waals surface area contributed by atoms with Crippen LogP contribution in [0.15, 0.2) is 29.0 Å². The van der Waals surface area contributed by atoms with Gasteiger partial charge in [0, 0.05) is 13.6 Å². The van der Waals surface area contributed by atoms with Gasteiger partial charge < -0.3 is 9.88 Å². The van der Waals surface area contributed by atoms with Gasteiger partial charge in [-0.3, -0.25) is 0 Å². The van der Waals surface area contributed by atoms with E-state index in [-0.39, 0.29) is 11.9 Å². The Labute approximate surface area is 113 Å². The Bertz CT molecular complexity index is 541. The first-order valence-corrected chi connectivity index (χ1v) is 6.39. The van der Waals surface area contributed by atoms with E-state index in [4.69, 9.17) is 0 Å². The molecule has 0 bridgehead atoms. The SMILES string of the molecule is CC(NCc1cccc(F)c1Br)c1nncn1C. The van der Waals surface area contributed by atoms with E-state index in [0.29, 0.717) is 11.0 Å². The first-order valence-electron chi connectivity index (χ1n) is 5.59. The fraction of sp³-hybridized carbons (Fsp3) is 0.333. The Hall–Kier alpha value is -1.27. The van der Waals surface area contributed by atoms with E-state index in [1.165, 1.54) is 6.07 Å². The van der Waals surface area contributed by atoms with Crippen LogP contribution in [0.4, 0.5) is 4.39 Å². The third-order valence-corrected chi connectivity index (χ3v) is 3.65. The molecule has 0 radical (unpaired) electrons. The number of rotatable bonds is 4. The minimum atomic E-state index is -0.249. The molecule has 2 aromatic rings. The van der Waals surface area contributed by atoms with Crippen LogP contribution in [-0.2, 0) is 13.6 Å². The molecule has 1 aromatic heterocycles. The van der Waals surface area contributed by atoms with Crippen molar-refractivity contribution >= 4 is 15.9 Å². The molecular weight excluding hydrogens is 299 g/mol. The van der Waals surface area contributed by atoms with Crippen molar-refractivity contribution in [3.05, 3.63) is 46.2 Å². The van der Waals surface area contributed by atoms with Crippen molar-refractivity contribution in [3.63, 3.8) is 0 Å². The van der Waals surface area contributed by atoms with Gasteiger partial charge in [0.15, 0.2) is 0 Å². The average Bonchev–Trinajstić information content (AvgIpc) is 2.77. The van der Waals surface area contributed by atoms with Crippen LogP contribution in [0.3, 0.4) is 0 Å². The summed E-state index contributed by atoms with van der Waals surface area (Å²) in [5.41, 5.74) is 0.879. The molecule has 0 aliphatic rings. The summed E-state index contributed by atoms with van der Waals surface area (Å²) in [5, 5.41) is 11.2. The first-order chi connectivity index (χ1) is 8.59. The lowest BCUT2D eigenvalue weighted by Gasteiger charge is -2.13. The topological polar surface area (TPSA) is 42.7 Å². The van der Waals surface area contributed by atoms with Gasteiger partial charge in [-0.15, -0.1) is 10.2 Å². The van der Waals surface area contributed by atoms with Gasteiger partial charge >= 0.3 is 0 Å². The Kier molecular flexibility index (Phi) is 4.08. The summed E-state index contributed by atoms with van der Waals surface area (Å²) in [5.74, 6) is 0.600. The molecule has 0 aliphatic carbocycles. The number of aromatic nitrogens is 3. The number of benzene rings is 1. The van der Waals surface area contributed by atoms with Gasteiger partial charge in [-0.2, -0.15) is 0 Å². The average molecular weight is 313 g/mol. The molecule has 6 heteroatoms. The number of hydrogen-bond donors (Lipinski definition) is 1. The van der Waals surface area contributed by atoms with Crippen LogP contribution in [0.2, 0.25) is 0 Å². The van der Waals surface area contributed by atoms with E-state index in [0.717, 1.165) is 11.4 Å². The smallest absolute Gasteiger partial charge is 0.149 e. The zero-order chi connectivity index (χ0) is 13.1. The van der Waals surface area contributed by atoms with E-state index in [1.54, 1.807) is 12.4 Å². The summed E-state index contributed by atoms with van der Waals surface area (Å²) in [6.45, 7) is 2.56. The fourth-order valence-corrected chi connectivity index (χ4v) is 2.13. The second kappa shape index (κ2) is 5.58. The fourth-order valence-electron chi connectivity index (χ4n) is 1.72. The lowest BCUT2D eigenvalue weighted by molar-refractivity contribution is 0.525. The molecule has 0 saturated heterocycles. The molecule has 0 amide bonds. The zero-order valence-corrected chi connectivity index (χ0v) is 11.8. The molecule has 1 heterocycles. The van der Waals surface area contributed by atoms with E-state index >= 15 is 0 Å². The van der Waals surface area contributed by atoms with Gasteiger partial charge in [-0.25, -0.2) is 4.39 Å². The van der Waals surface area contributed by atoms with Gasteiger partial charge in [-0.05, 0) is 34.5 Å². The molecule has 1 N–H and O–H groups in total. The van der Waals surface area contributed by atoms with Gasteiger partial charge in [0.1, 0.15) is 18.0 Å². The second-order valence-electron chi connectivity index (χ2n) is 4.12. The molecule has 1 atom stereocenters. The Morgan fingerprint density at radius 1 is 1.50 bits per heavy atom. The standard InChI is InChI=1S/C12H14BrFN4/c1-8(12-17-16-7-18(12)2)15-6-9-4-3-5-10(14)11(9)13/h3-5,7-8,15H,6H2,1-2H3. The minimum absolute atomic E-state index is 0.0488. The maximum absolute atomic E-state index is 13.3. The molecule has 2 rings (SSSR count). The van der Waals surface area contributed by atoms with Crippen LogP contribution >= 0.6 is 15.9 Å². The van der Waals surface area contributed by atoms with Crippen LogP contribution in [0.1, 0.15) is 24.4 Å². The summed E-state index contributed by atoms with van der Waals surface area (Å²) < 4.78 is 15.7. The monoisotopic (exact) mass is 312 g/mol. The van der Waals surface area contributed by atoms with E-state index in [1.807, 2.05) is 24.6 Å². The molecule has 18 heavy (non-hydrogen) atoms. The Morgan fingerprint density at radius 3 is 2.94 bits per heavy atom. The summed E-state index contributed by atoms with van der Waals surface area (Å²) in [6.07, 6.45) is 1.66. The first kappa shape index (κ1) is 13.2. The Balaban J connectivity index is 2.04. The molecular formula is C12H14BrFN4. The number of nitrogens with zero attached hydrogens (tertiary/aromatic N) is 3. The largest absolute Gasteiger partial charge is 0.319 e. The van der Waals surface area contributed by atoms with E-state index < -0.39 is 0 Å². The van der Waals surface area contributed by atoms with Gasteiger partial charge in [-0.1, -0.05) is 12.1 Å². The van der Waals surface area contributed by atoms with Crippen molar-refractivity contribution < 1.29 is 4.39 Å². The van der Waals surface area contributed by atoms with Crippen molar-refractivity contribution in [2.45, 2.75) is 19.5 Å². The molecule has 1 unspecified atom stereocenters. The predicted molar refractivity (Wildman–Crippen MR) is 70.4 cm³/mol. The summed E-state index contributed by atoms with van der Waals surface area (Å²) in [4.78, 5) is 0. The lowest BCUT2D eigenvalue weighted by Crippen LogP contribution is -2.21. The van der Waals surface area contributed by atoms with Crippen molar-refractivity contribution in [1.82, 2.24) is 20.1 Å². The predicted octanol–water partition coefficient (Wildman–Crippen LogP) is 2.57. The highest BCUT2D eigenvalue weighted by Gasteiger charge is 2.12. The Morgan fingerprint density at radius 2 is 2.28 bits per heavy atom. The molecule has 0 fully saturated rings. The van der Waals surface area contributed by atoms with E-state index in [9.17, 15) is 4.39 Å². The quantitative estimate of drug-likeness (QED) is 0.943. The van der Waals surface area contributed by atoms with Crippen LogP contribution in [0, 0.1) is 5.82 Å². The normalized spacial score (nSPS) is 12.7. The number of aryl methyl sites for hydroxylation is 1. The van der Waals surface area contributed by atoms with E-state index in [2.05, 4.69) is 31.4 Å². The third kappa shape index (κ3) is 2.76. The van der Waals surface area contributed by atoms with Crippen LogP contribution in [0.5, 0.6) is 0 Å². The highest BCUT2D eigenvalue weighted by molar-refractivity contribution is 9.10. The van der Waals surface area contributed by atoms with Gasteiger partial charge in [0.05, 0.1) is 10.5 Å². The zero-order valence-electron chi connectivity index (χ0n) is 10.2. The minimum Gasteiger partial charge on any atom is -0.319 e. The molecule has 4 nitrogen and oxygen atoms in total. The molecule has 0 spiro atoms. The van der Waals surface area contributed by atoms with Crippen LogP contribution in [-0.4, -0.2) is 14.8 Å². The van der Waals surface area contributed by atoms with Crippen LogP contribution < -0.4 is 5.32 Å². The highest BCUT2D eigenvalue weighted by atomic mass is 79.9. The molecule has 0 aliphatic heterocycles. The van der Waals surface area contributed by atoms with Crippen LogP contribution in [0.25, 0.3) is 0 Å². The third-order valence-electron chi connectivity index (χ3n) is 2.76. The summed E-state index contributed by atoms with van der Waals surface area (Å²) in [7, 11) is 1.89. The van der Waals surface area contributed by atoms with Crippen molar-refractivity contribution in [2.75, 3.05) is 0 Å². The number of halogens is 2. The molecule has 0 saturated carbocycles. The number of nitrogens with one attached hydrogen (secondary N) is 1. The summed E-state index contributed by atoms with van der Waals surface area (Å²) >= 11 is 3.25. The summed E-state index contributed by atoms with van der Waals surface area (Å²) in [6, 6.07) is 5.06. The van der Waals surface area contributed by atoms with Gasteiger partial charge in [0.25, 0.3) is 0 Å². The van der Waals surface area contributed by atoms with Gasteiger partial charge in [0.2, 0.25) is 0 Å². The van der Waals surface area contributed by atoms with Crippen molar-refractivity contribution in [2.24, 2.45) is 7.05 Å². The van der Waals surface area contributed by atoms with Crippen molar-refractivity contribution in [1.29, 1.82) is 0 Å². The maximum atomic E-state index is 13.3. The van der Waals surface area contributed by atoms with Crippen molar-refractivity contribution in [3.8, 4) is 0 Å². The lowest BCUT2D eigenvalue weighted by atomic mass is 10.2. The highest BCUT2D eigenvalue weighted by Crippen LogP contribution is 2.21. The second-order valence-corrected chi connectivity index (χ2v) is 4.91. The molecule has 1 aromatic carbocycles.